The Balaban J connectivity index is 5.82. The van der Waals surface area contributed by atoms with E-state index >= 15 is 0 Å². The summed E-state index contributed by atoms with van der Waals surface area (Å²) < 4.78 is 33.8. The Labute approximate surface area is 406 Å². The minimum absolute atomic E-state index is 0.0674. The fourth-order valence-corrected chi connectivity index (χ4v) is 7.77. The van der Waals surface area contributed by atoms with Gasteiger partial charge in [-0.3, -0.25) is 38.4 Å². The minimum atomic E-state index is -1.85. The van der Waals surface area contributed by atoms with Crippen LogP contribution in [0.4, 0.5) is 0 Å². The summed E-state index contributed by atoms with van der Waals surface area (Å²) in [6, 6.07) is -2.09. The number of nitrogens with one attached hydrogen (secondary N) is 2. The molecule has 0 aliphatic heterocycles. The molecule has 0 rings (SSSR count). The first kappa shape index (κ1) is 63.7. The molecule has 8 unspecified atom stereocenters. The van der Waals surface area contributed by atoms with Crippen LogP contribution in [0.3, 0.4) is 0 Å². The lowest BCUT2D eigenvalue weighted by Crippen LogP contribution is -2.58. The number of ether oxygens (including phenoxy) is 6. The number of carbonyl (C=O) groups excluding carboxylic acids is 8. The van der Waals surface area contributed by atoms with E-state index < -0.39 is 108 Å². The molecular weight excluding hydrogens is 907 g/mol. The molecule has 8 atom stereocenters. The van der Waals surface area contributed by atoms with Crippen molar-refractivity contribution in [3.8, 4) is 0 Å². The van der Waals surface area contributed by atoms with Crippen LogP contribution in [0.5, 0.6) is 0 Å². The number of carboxylic acids is 2. The third kappa shape index (κ3) is 30.7. The highest BCUT2D eigenvalue weighted by Gasteiger charge is 2.50. The molecule has 0 aliphatic carbocycles. The third-order valence-electron chi connectivity index (χ3n) is 10.9. The summed E-state index contributed by atoms with van der Waals surface area (Å²) in [4.78, 5) is 124. The molecule has 0 aromatic rings. The van der Waals surface area contributed by atoms with E-state index in [1.807, 2.05) is 0 Å². The van der Waals surface area contributed by atoms with E-state index in [0.29, 0.717) is 38.6 Å². The number of unbranched alkanes of at least 4 members (excludes halogenated alkanes) is 12. The Morgan fingerprint density at radius 3 is 1.09 bits per heavy atom. The van der Waals surface area contributed by atoms with Gasteiger partial charge in [-0.15, -0.1) is 0 Å². The second-order valence-electron chi connectivity index (χ2n) is 17.6. The highest BCUT2D eigenvalue weighted by molar-refractivity contribution is 5.84. The highest BCUT2D eigenvalue weighted by Crippen LogP contribution is 2.29. The van der Waals surface area contributed by atoms with Gasteiger partial charge < -0.3 is 55.0 Å². The predicted octanol–water partition coefficient (Wildman–Crippen LogP) is 5.13. The van der Waals surface area contributed by atoms with Crippen LogP contribution in [-0.2, 0) is 76.4 Å². The largest absolute Gasteiger partial charge is 0.480 e. The maximum atomic E-state index is 12.8. The molecule has 396 valence electrons. The Bertz CT molecular complexity index is 1620. The van der Waals surface area contributed by atoms with Crippen molar-refractivity contribution < 1.29 is 86.6 Å². The van der Waals surface area contributed by atoms with Crippen LogP contribution in [0.2, 0.25) is 0 Å². The van der Waals surface area contributed by atoms with Crippen molar-refractivity contribution in [3.05, 3.63) is 0 Å². The van der Waals surface area contributed by atoms with Crippen molar-refractivity contribution in [3.63, 3.8) is 0 Å². The van der Waals surface area contributed by atoms with Crippen LogP contribution in [0, 0.1) is 5.92 Å². The number of hydrogen-bond donors (Lipinski definition) is 5. The molecule has 6 N–H and O–H groups in total. The summed E-state index contributed by atoms with van der Waals surface area (Å²) in [5.74, 6) is -9.05. The molecule has 0 aromatic heterocycles. The quantitative estimate of drug-likeness (QED) is 0.0303. The lowest BCUT2D eigenvalue weighted by molar-refractivity contribution is -0.219. The fraction of sp³-hybridized carbons (Fsp3) is 0.792. The zero-order valence-electron chi connectivity index (χ0n) is 42.0. The summed E-state index contributed by atoms with van der Waals surface area (Å²) >= 11 is 0. The Hall–Kier alpha value is -5.34. The average Bonchev–Trinajstić information content (AvgIpc) is 3.23. The Kier molecular flexibility index (Phi) is 33.8. The number of amides is 2. The SMILES string of the molecule is CC(=O)OC(CCCCCCCCCCCCCCCC(=O)NC(CCCN)C(=O)O)C(OC(C)=O)C(OC(C)=O)C(OC(C)=O)C(OC(C)=O)C(CCCC(=O)NC(C(=O)O)C(C)C)OC(C)=O. The van der Waals surface area contributed by atoms with Crippen molar-refractivity contribution in [1.82, 2.24) is 10.6 Å². The van der Waals surface area contributed by atoms with Crippen LogP contribution in [0.15, 0.2) is 0 Å². The van der Waals surface area contributed by atoms with Crippen LogP contribution >= 0.6 is 0 Å². The molecule has 0 fully saturated rings. The van der Waals surface area contributed by atoms with Gasteiger partial charge in [0.1, 0.15) is 24.3 Å². The number of aliphatic carboxylic acids is 2. The van der Waals surface area contributed by atoms with Gasteiger partial charge in [0.25, 0.3) is 0 Å². The van der Waals surface area contributed by atoms with E-state index in [9.17, 15) is 58.2 Å². The summed E-state index contributed by atoms with van der Waals surface area (Å²) in [5.41, 5.74) is 5.45. The van der Waals surface area contributed by atoms with Crippen molar-refractivity contribution in [2.45, 2.75) is 233 Å². The molecule has 0 radical (unpaired) electrons. The second-order valence-corrected chi connectivity index (χ2v) is 17.6. The highest BCUT2D eigenvalue weighted by atomic mass is 16.6. The van der Waals surface area contributed by atoms with Crippen molar-refractivity contribution in [2.24, 2.45) is 11.7 Å². The van der Waals surface area contributed by atoms with E-state index in [-0.39, 0.29) is 38.0 Å². The molecular formula is C48H81N3O18. The molecule has 0 heterocycles. The van der Waals surface area contributed by atoms with Gasteiger partial charge in [-0.05, 0) is 57.4 Å². The van der Waals surface area contributed by atoms with Gasteiger partial charge in [-0.25, -0.2) is 9.59 Å². The van der Waals surface area contributed by atoms with Gasteiger partial charge in [-0.1, -0.05) is 84.5 Å². The summed E-state index contributed by atoms with van der Waals surface area (Å²) in [7, 11) is 0. The molecule has 0 saturated carbocycles. The number of carboxylic acid groups (broad SMARTS) is 2. The van der Waals surface area contributed by atoms with Gasteiger partial charge in [0.2, 0.25) is 11.8 Å². The van der Waals surface area contributed by atoms with Crippen LogP contribution in [0.1, 0.15) is 184 Å². The first-order chi connectivity index (χ1) is 32.5. The molecule has 0 aliphatic rings. The van der Waals surface area contributed by atoms with Gasteiger partial charge in [-0.2, -0.15) is 0 Å². The fourth-order valence-electron chi connectivity index (χ4n) is 7.77. The van der Waals surface area contributed by atoms with Crippen molar-refractivity contribution >= 4 is 59.6 Å². The smallest absolute Gasteiger partial charge is 0.326 e. The van der Waals surface area contributed by atoms with Crippen molar-refractivity contribution in [2.75, 3.05) is 6.54 Å². The predicted molar refractivity (Wildman–Crippen MR) is 249 cm³/mol. The Morgan fingerprint density at radius 1 is 0.406 bits per heavy atom. The number of nitrogens with two attached hydrogens (primary N) is 1. The van der Waals surface area contributed by atoms with Crippen LogP contribution in [-0.4, -0.2) is 125 Å². The van der Waals surface area contributed by atoms with E-state index in [4.69, 9.17) is 34.2 Å². The summed E-state index contributed by atoms with van der Waals surface area (Å²) in [5, 5.41) is 23.8. The lowest BCUT2D eigenvalue weighted by Gasteiger charge is -2.40. The number of esters is 6. The zero-order valence-corrected chi connectivity index (χ0v) is 42.0. The van der Waals surface area contributed by atoms with E-state index in [0.717, 1.165) is 106 Å². The number of rotatable bonds is 39. The molecule has 0 spiro atoms. The maximum Gasteiger partial charge on any atom is 0.326 e. The molecule has 0 saturated heterocycles. The van der Waals surface area contributed by atoms with Crippen LogP contribution in [0.25, 0.3) is 0 Å². The van der Waals surface area contributed by atoms with E-state index in [1.165, 1.54) is 0 Å². The molecule has 2 amide bonds. The topological polar surface area (TPSA) is 317 Å². The molecule has 0 aromatic carbocycles. The molecule has 21 heteroatoms. The Morgan fingerprint density at radius 2 is 0.739 bits per heavy atom. The third-order valence-corrected chi connectivity index (χ3v) is 10.9. The average molecular weight is 988 g/mol. The monoisotopic (exact) mass is 988 g/mol. The van der Waals surface area contributed by atoms with Crippen LogP contribution < -0.4 is 16.4 Å². The minimum Gasteiger partial charge on any atom is -0.480 e. The summed E-state index contributed by atoms with van der Waals surface area (Å²) in [6.45, 7) is 9.89. The normalized spacial score (nSPS) is 14.6. The standard InChI is InChI=1S/C48H81N3O18/c1-30(2)42(48(62)63)51-41(59)28-22-26-39(65-32(4)53)44(67-34(6)55)46(69-36(8)57)45(68-35(7)56)43(66-33(5)54)38(64-31(3)52)25-20-18-16-14-12-10-9-11-13-15-17-19-21-27-40(58)50-37(47(60)61)24-23-29-49/h30,37-39,42-46H,9-29,49H2,1-8H3,(H,50,58)(H,51,59)(H,60,61)(H,62,63). The summed E-state index contributed by atoms with van der Waals surface area (Å²) in [6.07, 6.45) is 2.59. The van der Waals surface area contributed by atoms with Gasteiger partial charge in [0, 0.05) is 54.4 Å². The lowest BCUT2D eigenvalue weighted by atomic mass is 9.91. The van der Waals surface area contributed by atoms with Crippen molar-refractivity contribution in [1.29, 1.82) is 0 Å². The van der Waals surface area contributed by atoms with E-state index in [1.54, 1.807) is 13.8 Å². The maximum absolute atomic E-state index is 12.8. The molecule has 69 heavy (non-hydrogen) atoms. The zero-order chi connectivity index (χ0) is 52.5. The number of carbonyl (C=O) groups is 10. The van der Waals surface area contributed by atoms with Gasteiger partial charge in [0.15, 0.2) is 24.4 Å². The second kappa shape index (κ2) is 36.6. The van der Waals surface area contributed by atoms with Gasteiger partial charge >= 0.3 is 47.8 Å². The first-order valence-electron chi connectivity index (χ1n) is 24.3. The number of hydrogen-bond acceptors (Lipinski definition) is 17. The molecule has 21 nitrogen and oxygen atoms in total. The molecule has 0 bridgehead atoms. The van der Waals surface area contributed by atoms with E-state index in [2.05, 4.69) is 10.6 Å². The van der Waals surface area contributed by atoms with Gasteiger partial charge in [0.05, 0.1) is 0 Å². The first-order valence-corrected chi connectivity index (χ1v) is 24.3.